The average molecular weight is 723 g/mol. The Kier molecular flexibility index (Phi) is 12.0. The van der Waals surface area contributed by atoms with Crippen molar-refractivity contribution in [1.29, 1.82) is 0 Å². The van der Waals surface area contributed by atoms with Crippen molar-refractivity contribution in [2.75, 3.05) is 41.7 Å². The van der Waals surface area contributed by atoms with Gasteiger partial charge in [0.15, 0.2) is 12.0 Å². The highest BCUT2D eigenvalue weighted by molar-refractivity contribution is 7.85. The molecule has 0 radical (unpaired) electrons. The van der Waals surface area contributed by atoms with Crippen LogP contribution in [0.5, 0.6) is 11.5 Å². The molecule has 0 aliphatic carbocycles. The van der Waals surface area contributed by atoms with Gasteiger partial charge in [0.25, 0.3) is 10.1 Å². The molecule has 10 nitrogen and oxygen atoms in total. The van der Waals surface area contributed by atoms with E-state index in [-0.39, 0.29) is 18.1 Å². The fourth-order valence-corrected chi connectivity index (χ4v) is 7.01. The van der Waals surface area contributed by atoms with Crippen LogP contribution in [0.25, 0.3) is 22.3 Å². The smallest absolute Gasteiger partial charge is 0.264 e. The van der Waals surface area contributed by atoms with Crippen molar-refractivity contribution in [3.63, 3.8) is 0 Å². The van der Waals surface area contributed by atoms with Crippen LogP contribution >= 0.6 is 0 Å². The molecule has 0 saturated carbocycles. The maximum atomic E-state index is 12.1. The Morgan fingerprint density at radius 3 is 2.13 bits per heavy atom. The van der Waals surface area contributed by atoms with Crippen LogP contribution in [-0.4, -0.2) is 57.0 Å². The topological polar surface area (TPSA) is 134 Å². The summed E-state index contributed by atoms with van der Waals surface area (Å²) in [6.45, 7) is 3.96. The Morgan fingerprint density at radius 2 is 1.48 bits per heavy atom. The quantitative estimate of drug-likeness (QED) is 0.0815. The molecule has 11 heteroatoms. The molecule has 1 atom stereocenters. The molecular weight excluding hydrogens is 677 g/mol. The van der Waals surface area contributed by atoms with E-state index >= 15 is 0 Å². The predicted molar refractivity (Wildman–Crippen MR) is 207 cm³/mol. The first-order valence-corrected chi connectivity index (χ1v) is 19.4. The fourth-order valence-electron chi connectivity index (χ4n) is 6.52. The van der Waals surface area contributed by atoms with Gasteiger partial charge in [0.2, 0.25) is 11.8 Å². The van der Waals surface area contributed by atoms with E-state index in [2.05, 4.69) is 40.5 Å². The van der Waals surface area contributed by atoms with Crippen molar-refractivity contribution >= 4 is 27.4 Å². The number of ether oxygens (including phenoxy) is 2. The molecular formula is C41H46N4O6S. The van der Waals surface area contributed by atoms with Gasteiger partial charge >= 0.3 is 0 Å². The number of fused-ring (bicyclic) bond motifs is 2. The van der Waals surface area contributed by atoms with Crippen LogP contribution in [0.3, 0.4) is 0 Å². The lowest BCUT2D eigenvalue weighted by Crippen LogP contribution is -2.34. The summed E-state index contributed by atoms with van der Waals surface area (Å²) in [5.41, 5.74) is 12.5. The second kappa shape index (κ2) is 16.9. The summed E-state index contributed by atoms with van der Waals surface area (Å²) in [5, 5.41) is 2.83. The molecule has 272 valence electrons. The molecule has 0 bridgehead atoms. The molecule has 0 fully saturated rings. The Balaban J connectivity index is 1.24. The van der Waals surface area contributed by atoms with Crippen molar-refractivity contribution in [2.45, 2.75) is 45.3 Å². The third kappa shape index (κ3) is 9.41. The Labute approximate surface area is 306 Å². The highest BCUT2D eigenvalue weighted by Crippen LogP contribution is 2.43. The molecule has 1 amide bonds. The molecule has 1 unspecified atom stereocenters. The lowest BCUT2D eigenvalue weighted by molar-refractivity contribution is -0.121. The van der Waals surface area contributed by atoms with Gasteiger partial charge in [-0.25, -0.2) is 0 Å². The largest absolute Gasteiger partial charge is 0.465 e. The van der Waals surface area contributed by atoms with Gasteiger partial charge in [-0.05, 0) is 84.4 Å². The third-order valence-electron chi connectivity index (χ3n) is 9.08. The van der Waals surface area contributed by atoms with E-state index in [1.807, 2.05) is 90.7 Å². The number of amides is 1. The lowest BCUT2D eigenvalue weighted by atomic mass is 10.0. The minimum atomic E-state index is -4.11. The maximum absolute atomic E-state index is 12.1. The van der Waals surface area contributed by atoms with Gasteiger partial charge < -0.3 is 30.3 Å². The van der Waals surface area contributed by atoms with Crippen LogP contribution in [0.15, 0.2) is 121 Å². The summed E-state index contributed by atoms with van der Waals surface area (Å²) < 4.78 is 45.5. The number of nitrogens with zero attached hydrogens (tertiary/aromatic N) is 2. The molecule has 2 aliphatic heterocycles. The van der Waals surface area contributed by atoms with E-state index in [1.165, 1.54) is 0 Å². The van der Waals surface area contributed by atoms with Crippen LogP contribution in [-0.2, 0) is 14.9 Å². The van der Waals surface area contributed by atoms with Gasteiger partial charge in [0.05, 0.1) is 17.1 Å². The standard InChI is InChI=1S/C41H46N4O6S/c1-30(27-41-45(24-11-25-52(47,48)49)36-29-34(18-20-38(36)51-41)32-14-7-3-8-15-32)26-40-44(23-10-4-9-16-39(46)43-22-21-42)35-28-33(17-19-37(35)50-40)31-12-5-2-6-13-31/h2-3,5-8,12-15,17-20,26-29,41H,4,9-11,16,21-25,42H2,1H3,(H,43,46)(H,47,48,49)/b30-27+,40-26-. The molecule has 2 aliphatic rings. The molecule has 4 N–H and O–H groups in total. The number of carbonyl (C=O) groups is 1. The average Bonchev–Trinajstić information content (AvgIpc) is 3.66. The fraction of sp³-hybridized carbons (Fsp3) is 0.293. The summed E-state index contributed by atoms with van der Waals surface area (Å²) in [6.07, 6.45) is 6.70. The van der Waals surface area contributed by atoms with Crippen LogP contribution < -0.4 is 30.3 Å². The molecule has 4 aromatic rings. The first-order valence-electron chi connectivity index (χ1n) is 17.8. The third-order valence-corrected chi connectivity index (χ3v) is 9.88. The number of unbranched alkanes of at least 4 members (excludes halogenated alkanes) is 2. The molecule has 0 saturated heterocycles. The van der Waals surface area contributed by atoms with Crippen LogP contribution in [0, 0.1) is 0 Å². The molecule has 0 spiro atoms. The molecule has 6 rings (SSSR count). The van der Waals surface area contributed by atoms with E-state index in [4.69, 9.17) is 15.2 Å². The second-order valence-corrected chi connectivity index (χ2v) is 14.6. The number of allylic oxidation sites excluding steroid dienone is 2. The van der Waals surface area contributed by atoms with E-state index in [0.717, 1.165) is 64.2 Å². The first kappa shape index (κ1) is 36.7. The van der Waals surface area contributed by atoms with Crippen molar-refractivity contribution in [2.24, 2.45) is 5.73 Å². The van der Waals surface area contributed by atoms with Gasteiger partial charge in [-0.1, -0.05) is 79.2 Å². The zero-order valence-corrected chi connectivity index (χ0v) is 30.2. The van der Waals surface area contributed by atoms with Crippen LogP contribution in [0.1, 0.15) is 39.0 Å². The number of benzene rings is 4. The number of anilines is 2. The van der Waals surface area contributed by atoms with Crippen molar-refractivity contribution in [3.8, 4) is 33.8 Å². The summed E-state index contributed by atoms with van der Waals surface area (Å²) in [4.78, 5) is 16.3. The summed E-state index contributed by atoms with van der Waals surface area (Å²) in [5.74, 6) is 1.83. The highest BCUT2D eigenvalue weighted by atomic mass is 32.2. The van der Waals surface area contributed by atoms with Gasteiger partial charge in [-0.2, -0.15) is 8.42 Å². The monoisotopic (exact) mass is 722 g/mol. The molecule has 4 aromatic carbocycles. The lowest BCUT2D eigenvalue weighted by Gasteiger charge is -2.24. The van der Waals surface area contributed by atoms with Crippen LogP contribution in [0.4, 0.5) is 11.4 Å². The van der Waals surface area contributed by atoms with E-state index in [1.54, 1.807) is 0 Å². The molecule has 2 heterocycles. The van der Waals surface area contributed by atoms with Gasteiger partial charge in [-0.3, -0.25) is 9.35 Å². The Morgan fingerprint density at radius 1 is 0.827 bits per heavy atom. The van der Waals surface area contributed by atoms with Crippen LogP contribution in [0.2, 0.25) is 0 Å². The highest BCUT2D eigenvalue weighted by Gasteiger charge is 2.31. The minimum Gasteiger partial charge on any atom is -0.465 e. The zero-order chi connectivity index (χ0) is 36.5. The number of hydrogen-bond donors (Lipinski definition) is 3. The normalized spacial score (nSPS) is 16.0. The SMILES string of the molecule is CC(/C=C1\Oc2ccc(-c3ccccc3)cc2N1CCCCCC(=O)NCCN)=C\C1Oc2ccc(-c3ccccc3)cc2N1CCCS(=O)(=O)O. The predicted octanol–water partition coefficient (Wildman–Crippen LogP) is 7.15. The summed E-state index contributed by atoms with van der Waals surface area (Å²) in [7, 11) is -4.11. The number of hydrogen-bond acceptors (Lipinski definition) is 8. The van der Waals surface area contributed by atoms with E-state index in [9.17, 15) is 17.8 Å². The number of nitrogens with two attached hydrogens (primary N) is 1. The van der Waals surface area contributed by atoms with Crippen molar-refractivity contribution in [1.82, 2.24) is 5.32 Å². The van der Waals surface area contributed by atoms with E-state index < -0.39 is 16.3 Å². The van der Waals surface area contributed by atoms with Gasteiger partial charge in [0, 0.05) is 38.7 Å². The number of carbonyl (C=O) groups excluding carboxylic acids is 1. The first-order chi connectivity index (χ1) is 25.2. The Bertz CT molecular complexity index is 2020. The summed E-state index contributed by atoms with van der Waals surface area (Å²) in [6, 6.07) is 32.5. The zero-order valence-electron chi connectivity index (χ0n) is 29.4. The maximum Gasteiger partial charge on any atom is 0.264 e. The minimum absolute atomic E-state index is 0.0220. The van der Waals surface area contributed by atoms with Crippen molar-refractivity contribution < 1.29 is 27.2 Å². The Hall–Kier alpha value is -5.10. The van der Waals surface area contributed by atoms with E-state index in [0.29, 0.717) is 44.2 Å². The van der Waals surface area contributed by atoms with Gasteiger partial charge in [-0.15, -0.1) is 0 Å². The summed E-state index contributed by atoms with van der Waals surface area (Å²) >= 11 is 0. The number of rotatable bonds is 16. The molecule has 52 heavy (non-hydrogen) atoms. The van der Waals surface area contributed by atoms with Gasteiger partial charge in [0.1, 0.15) is 5.75 Å². The molecule has 0 aromatic heterocycles. The number of nitrogens with one attached hydrogen (secondary N) is 1. The van der Waals surface area contributed by atoms with Crippen molar-refractivity contribution in [3.05, 3.63) is 121 Å². The second-order valence-electron chi connectivity index (χ2n) is 13.0.